The molecule has 0 aromatic rings. The molecular formula is C10H22N2O2. The predicted octanol–water partition coefficient (Wildman–Crippen LogP) is 0.465. The van der Waals surface area contributed by atoms with Gasteiger partial charge in [0.1, 0.15) is 0 Å². The van der Waals surface area contributed by atoms with Crippen molar-refractivity contribution in [2.45, 2.75) is 45.1 Å². The second-order valence-corrected chi connectivity index (χ2v) is 3.68. The highest BCUT2D eigenvalue weighted by Crippen LogP contribution is 2.13. The molecule has 1 heterocycles. The zero-order chi connectivity index (χ0) is 10.4. The van der Waals surface area contributed by atoms with E-state index >= 15 is 0 Å². The number of hydrogen-bond donors (Lipinski definition) is 2. The Kier molecular flexibility index (Phi) is 5.40. The minimum absolute atomic E-state index is 0.0761. The van der Waals surface area contributed by atoms with Crippen LogP contribution in [-0.4, -0.2) is 38.1 Å². The third-order valence-electron chi connectivity index (χ3n) is 2.44. The summed E-state index contributed by atoms with van der Waals surface area (Å²) in [6, 6.07) is 0.747. The van der Waals surface area contributed by atoms with Crippen LogP contribution in [0.15, 0.2) is 0 Å². The number of nitrogens with one attached hydrogen (secondary N) is 1. The van der Waals surface area contributed by atoms with Crippen LogP contribution in [-0.2, 0) is 9.47 Å². The molecular weight excluding hydrogens is 180 g/mol. The van der Waals surface area contributed by atoms with Crippen LogP contribution in [0.5, 0.6) is 0 Å². The SMILES string of the molecule is CCOC(CC1CC(N)CN1)OCC. The molecule has 1 aliphatic rings. The minimum Gasteiger partial charge on any atom is -0.353 e. The van der Waals surface area contributed by atoms with Crippen molar-refractivity contribution < 1.29 is 9.47 Å². The maximum atomic E-state index is 5.80. The molecule has 0 aromatic carbocycles. The van der Waals surface area contributed by atoms with Crippen LogP contribution >= 0.6 is 0 Å². The van der Waals surface area contributed by atoms with E-state index in [1.807, 2.05) is 13.8 Å². The van der Waals surface area contributed by atoms with Gasteiger partial charge in [0.2, 0.25) is 0 Å². The summed E-state index contributed by atoms with van der Waals surface area (Å²) < 4.78 is 11.0. The lowest BCUT2D eigenvalue weighted by Crippen LogP contribution is -2.30. The Hall–Kier alpha value is -0.160. The van der Waals surface area contributed by atoms with Crippen molar-refractivity contribution >= 4 is 0 Å². The highest BCUT2D eigenvalue weighted by Gasteiger charge is 2.24. The summed E-state index contributed by atoms with van der Waals surface area (Å²) in [6.45, 7) is 6.28. The van der Waals surface area contributed by atoms with Gasteiger partial charge in [-0.3, -0.25) is 0 Å². The van der Waals surface area contributed by atoms with Gasteiger partial charge in [-0.2, -0.15) is 0 Å². The van der Waals surface area contributed by atoms with E-state index in [0.717, 1.165) is 19.4 Å². The number of hydrogen-bond acceptors (Lipinski definition) is 4. The Morgan fingerprint density at radius 2 is 2.00 bits per heavy atom. The lowest BCUT2D eigenvalue weighted by atomic mass is 10.1. The Balaban J connectivity index is 2.24. The van der Waals surface area contributed by atoms with Crippen molar-refractivity contribution in [3.63, 3.8) is 0 Å². The standard InChI is InChI=1S/C10H22N2O2/c1-3-13-10(14-4-2)6-9-5-8(11)7-12-9/h8-10,12H,3-7,11H2,1-2H3. The summed E-state index contributed by atoms with van der Waals surface area (Å²) in [5.41, 5.74) is 5.80. The summed E-state index contributed by atoms with van der Waals surface area (Å²) in [5, 5.41) is 3.37. The molecule has 1 aliphatic heterocycles. The number of ether oxygens (including phenoxy) is 2. The van der Waals surface area contributed by atoms with Crippen LogP contribution in [0.4, 0.5) is 0 Å². The second kappa shape index (κ2) is 6.35. The van der Waals surface area contributed by atoms with Gasteiger partial charge in [0.25, 0.3) is 0 Å². The van der Waals surface area contributed by atoms with Gasteiger partial charge in [0.15, 0.2) is 6.29 Å². The van der Waals surface area contributed by atoms with Crippen molar-refractivity contribution in [1.82, 2.24) is 5.32 Å². The highest BCUT2D eigenvalue weighted by molar-refractivity contribution is 4.84. The predicted molar refractivity (Wildman–Crippen MR) is 56.0 cm³/mol. The third kappa shape index (κ3) is 3.92. The first-order valence-corrected chi connectivity index (χ1v) is 5.48. The summed E-state index contributed by atoms with van der Waals surface area (Å²) >= 11 is 0. The fourth-order valence-corrected chi connectivity index (χ4v) is 1.82. The monoisotopic (exact) mass is 202 g/mol. The van der Waals surface area contributed by atoms with Gasteiger partial charge in [0, 0.05) is 38.3 Å². The molecule has 84 valence electrons. The lowest BCUT2D eigenvalue weighted by molar-refractivity contribution is -0.142. The Morgan fingerprint density at radius 1 is 1.36 bits per heavy atom. The number of rotatable bonds is 6. The van der Waals surface area contributed by atoms with Crippen molar-refractivity contribution in [2.24, 2.45) is 5.73 Å². The Labute approximate surface area is 86.1 Å². The molecule has 2 unspecified atom stereocenters. The van der Waals surface area contributed by atoms with E-state index in [-0.39, 0.29) is 6.29 Å². The number of nitrogens with two attached hydrogens (primary N) is 1. The quantitative estimate of drug-likeness (QED) is 0.615. The van der Waals surface area contributed by atoms with E-state index in [1.165, 1.54) is 0 Å². The van der Waals surface area contributed by atoms with Crippen molar-refractivity contribution in [3.05, 3.63) is 0 Å². The molecule has 1 fully saturated rings. The van der Waals surface area contributed by atoms with Gasteiger partial charge >= 0.3 is 0 Å². The van der Waals surface area contributed by atoms with Gasteiger partial charge in [-0.25, -0.2) is 0 Å². The molecule has 0 amide bonds. The molecule has 0 bridgehead atoms. The molecule has 1 saturated heterocycles. The summed E-state index contributed by atoms with van der Waals surface area (Å²) in [5.74, 6) is 0. The lowest BCUT2D eigenvalue weighted by Gasteiger charge is -2.20. The van der Waals surface area contributed by atoms with E-state index in [9.17, 15) is 0 Å². The van der Waals surface area contributed by atoms with Gasteiger partial charge in [-0.05, 0) is 20.3 Å². The Morgan fingerprint density at radius 3 is 2.43 bits per heavy atom. The molecule has 4 heteroatoms. The van der Waals surface area contributed by atoms with Crippen molar-refractivity contribution in [1.29, 1.82) is 0 Å². The van der Waals surface area contributed by atoms with E-state index in [2.05, 4.69) is 5.32 Å². The van der Waals surface area contributed by atoms with E-state index in [0.29, 0.717) is 25.3 Å². The van der Waals surface area contributed by atoms with Crippen molar-refractivity contribution in [2.75, 3.05) is 19.8 Å². The zero-order valence-corrected chi connectivity index (χ0v) is 9.16. The normalized spacial score (nSPS) is 27.4. The van der Waals surface area contributed by atoms with Crippen LogP contribution in [0.3, 0.4) is 0 Å². The zero-order valence-electron chi connectivity index (χ0n) is 9.16. The van der Waals surface area contributed by atoms with Crippen LogP contribution in [0.2, 0.25) is 0 Å². The van der Waals surface area contributed by atoms with Crippen LogP contribution in [0.1, 0.15) is 26.7 Å². The minimum atomic E-state index is -0.0761. The maximum Gasteiger partial charge on any atom is 0.159 e. The van der Waals surface area contributed by atoms with Crippen molar-refractivity contribution in [3.8, 4) is 0 Å². The summed E-state index contributed by atoms with van der Waals surface area (Å²) in [7, 11) is 0. The van der Waals surface area contributed by atoms with Gasteiger partial charge in [-0.1, -0.05) is 0 Å². The average molecular weight is 202 g/mol. The van der Waals surface area contributed by atoms with Crippen LogP contribution in [0, 0.1) is 0 Å². The molecule has 14 heavy (non-hydrogen) atoms. The highest BCUT2D eigenvalue weighted by atomic mass is 16.7. The third-order valence-corrected chi connectivity index (χ3v) is 2.44. The largest absolute Gasteiger partial charge is 0.353 e. The smallest absolute Gasteiger partial charge is 0.159 e. The first kappa shape index (κ1) is 11.9. The first-order chi connectivity index (χ1) is 6.76. The molecule has 3 N–H and O–H groups in total. The topological polar surface area (TPSA) is 56.5 Å². The molecule has 0 aromatic heterocycles. The molecule has 0 aliphatic carbocycles. The van der Waals surface area contributed by atoms with Crippen LogP contribution in [0.25, 0.3) is 0 Å². The fourth-order valence-electron chi connectivity index (χ4n) is 1.82. The molecule has 4 nitrogen and oxygen atoms in total. The second-order valence-electron chi connectivity index (χ2n) is 3.68. The van der Waals surface area contributed by atoms with E-state index in [1.54, 1.807) is 0 Å². The fraction of sp³-hybridized carbons (Fsp3) is 1.00. The molecule has 0 radical (unpaired) electrons. The summed E-state index contributed by atoms with van der Waals surface area (Å²) in [4.78, 5) is 0. The Bertz CT molecular complexity index is 149. The van der Waals surface area contributed by atoms with Crippen LogP contribution < -0.4 is 11.1 Å². The van der Waals surface area contributed by atoms with E-state index in [4.69, 9.17) is 15.2 Å². The average Bonchev–Trinajstić information content (AvgIpc) is 2.52. The van der Waals surface area contributed by atoms with Gasteiger partial charge < -0.3 is 20.5 Å². The van der Waals surface area contributed by atoms with E-state index < -0.39 is 0 Å². The molecule has 1 rings (SSSR count). The summed E-state index contributed by atoms with van der Waals surface area (Å²) in [6.07, 6.45) is 1.85. The molecule has 0 spiro atoms. The van der Waals surface area contributed by atoms with Gasteiger partial charge in [0.05, 0.1) is 0 Å². The maximum absolute atomic E-state index is 5.80. The molecule has 2 atom stereocenters. The first-order valence-electron chi connectivity index (χ1n) is 5.48. The molecule has 0 saturated carbocycles. The van der Waals surface area contributed by atoms with Gasteiger partial charge in [-0.15, -0.1) is 0 Å².